The van der Waals surface area contributed by atoms with Gasteiger partial charge in [0.15, 0.2) is 0 Å². The zero-order valence-corrected chi connectivity index (χ0v) is 19.0. The van der Waals surface area contributed by atoms with Crippen molar-refractivity contribution in [3.05, 3.63) is 74.7 Å². The number of hydrogen-bond acceptors (Lipinski definition) is 4. The van der Waals surface area contributed by atoms with Gasteiger partial charge in [0.05, 0.1) is 27.0 Å². The van der Waals surface area contributed by atoms with Crippen molar-refractivity contribution in [2.75, 3.05) is 0 Å². The molecule has 3 aliphatic rings. The molecule has 5 rings (SSSR count). The molecule has 2 fully saturated rings. The van der Waals surface area contributed by atoms with Gasteiger partial charge in [-0.05, 0) is 73.4 Å². The van der Waals surface area contributed by atoms with E-state index in [9.17, 15) is 9.59 Å². The van der Waals surface area contributed by atoms with Crippen molar-refractivity contribution in [1.29, 1.82) is 0 Å². The normalized spacial score (nSPS) is 26.8. The third kappa shape index (κ3) is 3.34. The van der Waals surface area contributed by atoms with E-state index in [4.69, 9.17) is 4.74 Å². The first-order chi connectivity index (χ1) is 14.5. The molecule has 1 saturated heterocycles. The van der Waals surface area contributed by atoms with E-state index >= 15 is 0 Å². The zero-order chi connectivity index (χ0) is 20.8. The molecule has 4 atom stereocenters. The molecule has 30 heavy (non-hydrogen) atoms. The van der Waals surface area contributed by atoms with E-state index in [1.54, 1.807) is 6.21 Å². The Bertz CT molecular complexity index is 1030. The molecule has 0 spiro atoms. The second-order valence-corrected chi connectivity index (χ2v) is 9.53. The molecule has 2 aliphatic carbocycles. The average molecular weight is 530 g/mol. The van der Waals surface area contributed by atoms with Crippen molar-refractivity contribution in [2.24, 2.45) is 28.8 Å². The van der Waals surface area contributed by atoms with Crippen LogP contribution in [0.25, 0.3) is 0 Å². The standard InChI is InChI=1S/C23H18Br2N2O3/c24-17-8-14(9-18(25)21(17)30-12-13-4-2-1-3-5-13)11-26-27-22(28)19-15-6-7-16(10-15)20(19)23(27)29/h1-9,11,15-16,19-20H,10,12H2/b26-11-/t15-,16-,19+,20+/m0/s1. The van der Waals surface area contributed by atoms with Gasteiger partial charge in [-0.15, -0.1) is 0 Å². The first kappa shape index (κ1) is 19.7. The molecular weight excluding hydrogens is 512 g/mol. The molecule has 1 heterocycles. The highest BCUT2D eigenvalue weighted by molar-refractivity contribution is 9.11. The summed E-state index contributed by atoms with van der Waals surface area (Å²) in [6, 6.07) is 13.6. The van der Waals surface area contributed by atoms with Crippen molar-refractivity contribution in [3.63, 3.8) is 0 Å². The van der Waals surface area contributed by atoms with Crippen LogP contribution in [0.15, 0.2) is 68.7 Å². The molecular formula is C23H18Br2N2O3. The van der Waals surface area contributed by atoms with Gasteiger partial charge in [0.1, 0.15) is 12.4 Å². The van der Waals surface area contributed by atoms with Crippen LogP contribution in [0.4, 0.5) is 0 Å². The molecule has 1 saturated carbocycles. The Hall–Kier alpha value is -2.25. The van der Waals surface area contributed by atoms with E-state index in [1.807, 2.05) is 42.5 Å². The lowest BCUT2D eigenvalue weighted by Crippen LogP contribution is -2.28. The van der Waals surface area contributed by atoms with Crippen molar-refractivity contribution in [3.8, 4) is 5.75 Å². The third-order valence-electron chi connectivity index (χ3n) is 6.02. The van der Waals surface area contributed by atoms with Crippen LogP contribution in [0.5, 0.6) is 5.75 Å². The second-order valence-electron chi connectivity index (χ2n) is 7.82. The number of hydrogen-bond donors (Lipinski definition) is 0. The molecule has 0 unspecified atom stereocenters. The summed E-state index contributed by atoms with van der Waals surface area (Å²) in [7, 11) is 0. The molecule has 2 bridgehead atoms. The van der Waals surface area contributed by atoms with E-state index in [0.29, 0.717) is 12.4 Å². The Labute approximate surface area is 191 Å². The van der Waals surface area contributed by atoms with Crippen molar-refractivity contribution < 1.29 is 14.3 Å². The molecule has 0 aromatic heterocycles. The number of hydrazone groups is 1. The number of imide groups is 1. The van der Waals surface area contributed by atoms with Gasteiger partial charge >= 0.3 is 0 Å². The van der Waals surface area contributed by atoms with Gasteiger partial charge in [0.2, 0.25) is 0 Å². The summed E-state index contributed by atoms with van der Waals surface area (Å²) >= 11 is 7.08. The van der Waals surface area contributed by atoms with Crippen LogP contribution in [0, 0.1) is 23.7 Å². The van der Waals surface area contributed by atoms with Gasteiger partial charge < -0.3 is 4.74 Å². The van der Waals surface area contributed by atoms with Crippen molar-refractivity contribution in [2.45, 2.75) is 13.0 Å². The fourth-order valence-corrected chi connectivity index (χ4v) is 6.10. The van der Waals surface area contributed by atoms with E-state index in [-0.39, 0.29) is 35.5 Å². The third-order valence-corrected chi connectivity index (χ3v) is 7.19. The number of fused-ring (bicyclic) bond motifs is 5. The summed E-state index contributed by atoms with van der Waals surface area (Å²) in [5.41, 5.74) is 1.82. The Morgan fingerprint density at radius 1 is 1.00 bits per heavy atom. The van der Waals surface area contributed by atoms with Crippen LogP contribution in [0.2, 0.25) is 0 Å². The number of benzene rings is 2. The Kier molecular flexibility index (Phi) is 5.11. The minimum absolute atomic E-state index is 0.181. The first-order valence-corrected chi connectivity index (χ1v) is 11.4. The number of rotatable bonds is 5. The van der Waals surface area contributed by atoms with Gasteiger partial charge in [-0.3, -0.25) is 9.59 Å². The molecule has 7 heteroatoms. The maximum absolute atomic E-state index is 12.7. The summed E-state index contributed by atoms with van der Waals surface area (Å²) in [6.07, 6.45) is 6.61. The minimum atomic E-state index is -0.239. The lowest BCUT2D eigenvalue weighted by Gasteiger charge is -2.13. The summed E-state index contributed by atoms with van der Waals surface area (Å²) in [5.74, 6) is 0.204. The maximum atomic E-state index is 12.7. The monoisotopic (exact) mass is 528 g/mol. The smallest absolute Gasteiger partial charge is 0.254 e. The highest BCUT2D eigenvalue weighted by Gasteiger charge is 2.59. The summed E-state index contributed by atoms with van der Waals surface area (Å²) < 4.78 is 7.45. The van der Waals surface area contributed by atoms with Crippen LogP contribution < -0.4 is 4.74 Å². The highest BCUT2D eigenvalue weighted by Crippen LogP contribution is 2.52. The number of halogens is 2. The number of ether oxygens (including phenoxy) is 1. The van der Waals surface area contributed by atoms with E-state index in [1.165, 1.54) is 0 Å². The summed E-state index contributed by atoms with van der Waals surface area (Å²) in [4.78, 5) is 25.5. The van der Waals surface area contributed by atoms with Crippen LogP contribution in [0.1, 0.15) is 17.5 Å². The molecule has 2 aromatic carbocycles. The Morgan fingerprint density at radius 3 is 2.20 bits per heavy atom. The quantitative estimate of drug-likeness (QED) is 0.313. The highest BCUT2D eigenvalue weighted by atomic mass is 79.9. The molecule has 0 N–H and O–H groups in total. The average Bonchev–Trinajstić information content (AvgIpc) is 3.41. The second kappa shape index (κ2) is 7.78. The fourth-order valence-electron chi connectivity index (χ4n) is 4.65. The van der Waals surface area contributed by atoms with E-state index in [0.717, 1.165) is 31.5 Å². The van der Waals surface area contributed by atoms with Gasteiger partial charge in [-0.2, -0.15) is 10.1 Å². The van der Waals surface area contributed by atoms with Crippen LogP contribution in [-0.4, -0.2) is 23.0 Å². The zero-order valence-electron chi connectivity index (χ0n) is 15.9. The van der Waals surface area contributed by atoms with Gasteiger partial charge in [0, 0.05) is 0 Å². The number of amides is 2. The molecule has 2 amide bonds. The van der Waals surface area contributed by atoms with Crippen molar-refractivity contribution in [1.82, 2.24) is 5.01 Å². The molecule has 0 radical (unpaired) electrons. The van der Waals surface area contributed by atoms with Crippen LogP contribution >= 0.6 is 31.9 Å². The van der Waals surface area contributed by atoms with Crippen molar-refractivity contribution >= 4 is 49.9 Å². The molecule has 5 nitrogen and oxygen atoms in total. The van der Waals surface area contributed by atoms with Crippen LogP contribution in [0.3, 0.4) is 0 Å². The fraction of sp³-hybridized carbons (Fsp3) is 0.261. The first-order valence-electron chi connectivity index (χ1n) is 9.79. The molecule has 2 aromatic rings. The number of allylic oxidation sites excluding steroid dienone is 2. The molecule has 1 aliphatic heterocycles. The van der Waals surface area contributed by atoms with Gasteiger partial charge in [0.25, 0.3) is 11.8 Å². The molecule has 152 valence electrons. The maximum Gasteiger partial charge on any atom is 0.254 e. The number of carbonyl (C=O) groups is 2. The summed E-state index contributed by atoms with van der Waals surface area (Å²) in [6.45, 7) is 0.446. The Morgan fingerprint density at radius 2 is 1.60 bits per heavy atom. The minimum Gasteiger partial charge on any atom is -0.487 e. The van der Waals surface area contributed by atoms with Crippen LogP contribution in [-0.2, 0) is 16.2 Å². The van der Waals surface area contributed by atoms with Gasteiger partial charge in [-0.25, -0.2) is 0 Å². The SMILES string of the molecule is O=C1[C@H]2[C@H](C(=O)N1/N=C\c1cc(Br)c(OCc3ccccc3)c(Br)c1)[C@H]1C=C[C@H]2C1. The number of carbonyl (C=O) groups excluding carboxylic acids is 2. The summed E-state index contributed by atoms with van der Waals surface area (Å²) in [5, 5.41) is 5.30. The predicted octanol–water partition coefficient (Wildman–Crippen LogP) is 4.93. The van der Waals surface area contributed by atoms with Gasteiger partial charge in [-0.1, -0.05) is 42.5 Å². The largest absolute Gasteiger partial charge is 0.487 e. The topological polar surface area (TPSA) is 59.0 Å². The van der Waals surface area contributed by atoms with E-state index < -0.39 is 0 Å². The van der Waals surface area contributed by atoms with E-state index in [2.05, 4.69) is 49.1 Å². The number of nitrogens with zero attached hydrogens (tertiary/aromatic N) is 2. The lowest BCUT2D eigenvalue weighted by atomic mass is 9.85. The Balaban J connectivity index is 1.31. The lowest BCUT2D eigenvalue weighted by molar-refractivity contribution is -0.140. The predicted molar refractivity (Wildman–Crippen MR) is 120 cm³/mol.